The second-order valence-corrected chi connectivity index (χ2v) is 11.6. The lowest BCUT2D eigenvalue weighted by Crippen LogP contribution is -2.38. The van der Waals surface area contributed by atoms with Crippen LogP contribution in [0.5, 0.6) is 5.75 Å². The second-order valence-electron chi connectivity index (χ2n) is 11.2. The molecule has 0 amide bonds. The lowest BCUT2D eigenvalue weighted by molar-refractivity contribution is 0.112. The summed E-state index contributed by atoms with van der Waals surface area (Å²) >= 11 is 6.20. The zero-order valence-electron chi connectivity index (χ0n) is 22.8. The van der Waals surface area contributed by atoms with E-state index in [1.54, 1.807) is 25.1 Å². The number of aromatic nitrogens is 1. The van der Waals surface area contributed by atoms with Crippen molar-refractivity contribution in [1.82, 2.24) is 4.98 Å². The van der Waals surface area contributed by atoms with Gasteiger partial charge in [-0.1, -0.05) is 25.4 Å². The maximum atomic E-state index is 14.9. The monoisotopic (exact) mass is 563 g/mol. The molecule has 7 nitrogen and oxygen atoms in total. The summed E-state index contributed by atoms with van der Waals surface area (Å²) in [6, 6.07) is 9.98. The number of aldehydes is 1. The van der Waals surface area contributed by atoms with Crippen molar-refractivity contribution in [2.75, 3.05) is 23.3 Å². The van der Waals surface area contributed by atoms with Gasteiger partial charge in [-0.25, -0.2) is 9.37 Å². The molecule has 4 aromatic rings. The normalized spacial score (nSPS) is 15.7. The Morgan fingerprint density at radius 1 is 1.18 bits per heavy atom. The highest BCUT2D eigenvalue weighted by Gasteiger charge is 2.29. The minimum Gasteiger partial charge on any atom is -0.507 e. The number of phenolic OH excluding ortho intramolecular Hbond substituents is 1. The van der Waals surface area contributed by atoms with Crippen LogP contribution in [0.2, 0.25) is 5.15 Å². The molecule has 0 saturated carbocycles. The largest absolute Gasteiger partial charge is 0.507 e. The number of rotatable bonds is 6. The molecule has 2 aromatic heterocycles. The molecule has 1 saturated heterocycles. The number of nitrogens with one attached hydrogen (secondary N) is 1. The number of phenols is 1. The average Bonchev–Trinajstić information content (AvgIpc) is 2.92. The third-order valence-corrected chi connectivity index (χ3v) is 7.93. The summed E-state index contributed by atoms with van der Waals surface area (Å²) in [5.41, 5.74) is 2.91. The molecule has 1 aliphatic heterocycles. The molecule has 2 aromatic carbocycles. The molecule has 40 heavy (non-hydrogen) atoms. The second kappa shape index (κ2) is 10.6. The van der Waals surface area contributed by atoms with Crippen LogP contribution in [0.25, 0.3) is 22.2 Å². The Balaban J connectivity index is 1.58. The van der Waals surface area contributed by atoms with Crippen molar-refractivity contribution in [2.24, 2.45) is 5.41 Å². The minimum atomic E-state index is -0.543. The van der Waals surface area contributed by atoms with Crippen molar-refractivity contribution >= 4 is 40.4 Å². The van der Waals surface area contributed by atoms with Crippen LogP contribution in [0, 0.1) is 18.2 Å². The molecule has 1 aliphatic rings. The Bertz CT molecular complexity index is 1670. The number of anilines is 2. The average molecular weight is 564 g/mol. The van der Waals surface area contributed by atoms with Gasteiger partial charge in [-0.3, -0.25) is 9.59 Å². The maximum absolute atomic E-state index is 14.9. The predicted molar refractivity (Wildman–Crippen MR) is 156 cm³/mol. The van der Waals surface area contributed by atoms with Gasteiger partial charge >= 0.3 is 0 Å². The first kappa shape index (κ1) is 27.6. The summed E-state index contributed by atoms with van der Waals surface area (Å²) in [7, 11) is 0. The van der Waals surface area contributed by atoms with Gasteiger partial charge in [-0.2, -0.15) is 0 Å². The van der Waals surface area contributed by atoms with E-state index in [4.69, 9.17) is 16.0 Å². The molecule has 0 aliphatic carbocycles. The number of pyridine rings is 1. The van der Waals surface area contributed by atoms with Crippen LogP contribution in [0.4, 0.5) is 16.0 Å². The van der Waals surface area contributed by atoms with E-state index in [1.165, 1.54) is 24.3 Å². The van der Waals surface area contributed by atoms with Crippen LogP contribution in [0.3, 0.4) is 0 Å². The third kappa shape index (κ3) is 5.28. The van der Waals surface area contributed by atoms with Crippen LogP contribution < -0.4 is 15.6 Å². The van der Waals surface area contributed by atoms with Crippen LogP contribution >= 0.6 is 11.6 Å². The number of carbonyl (C=O) groups excluding carboxylic acids is 1. The van der Waals surface area contributed by atoms with Crippen molar-refractivity contribution in [3.8, 4) is 17.0 Å². The molecule has 5 rings (SSSR count). The van der Waals surface area contributed by atoms with E-state index in [-0.39, 0.29) is 32.7 Å². The number of fused-ring (bicyclic) bond motifs is 1. The van der Waals surface area contributed by atoms with E-state index in [2.05, 4.69) is 29.0 Å². The highest BCUT2D eigenvalue weighted by atomic mass is 35.5. The number of halogens is 2. The van der Waals surface area contributed by atoms with Gasteiger partial charge in [-0.15, -0.1) is 0 Å². The van der Waals surface area contributed by atoms with Crippen LogP contribution in [-0.2, 0) is 0 Å². The standard InChI is InChI=1S/C31H31ClFN3O4/c1-17-28(39)23-15-21(33)14-22(29(23)40-30(17)36-11-9-31(3,4)10-12-36)18(2)34-24-6-8-26(32)35-27(24)19-5-7-25(38)20(13-19)16-37/h5-8,13-16,18,34,38H,9-12H2,1-4H3. The van der Waals surface area contributed by atoms with Gasteiger partial charge in [0.15, 0.2) is 11.7 Å². The topological polar surface area (TPSA) is 95.7 Å². The van der Waals surface area contributed by atoms with Crippen LogP contribution in [0.15, 0.2) is 51.7 Å². The molecule has 208 valence electrons. The molecule has 0 radical (unpaired) electrons. The SMILES string of the molecule is Cc1c(N2CCC(C)(C)CC2)oc2c(C(C)Nc3ccc(Cl)nc3-c3ccc(O)c(C=O)c3)cc(F)cc2c1=O. The summed E-state index contributed by atoms with van der Waals surface area (Å²) in [6.07, 6.45) is 2.50. The molecular formula is C31H31ClFN3O4. The van der Waals surface area contributed by atoms with Gasteiger partial charge in [0.2, 0.25) is 5.88 Å². The Kier molecular flexibility index (Phi) is 7.31. The first-order chi connectivity index (χ1) is 19.0. The molecule has 9 heteroatoms. The van der Waals surface area contributed by atoms with Crippen molar-refractivity contribution in [1.29, 1.82) is 0 Å². The number of benzene rings is 2. The van der Waals surface area contributed by atoms with Gasteiger partial charge in [0, 0.05) is 24.2 Å². The predicted octanol–water partition coefficient (Wildman–Crippen LogP) is 7.27. The summed E-state index contributed by atoms with van der Waals surface area (Å²) in [5.74, 6) is -0.167. The lowest BCUT2D eigenvalue weighted by Gasteiger charge is -2.37. The number of hydrogen-bond donors (Lipinski definition) is 2. The molecule has 3 heterocycles. The molecular weight excluding hydrogens is 533 g/mol. The quantitative estimate of drug-likeness (QED) is 0.188. The van der Waals surface area contributed by atoms with Crippen molar-refractivity contribution in [2.45, 2.75) is 46.6 Å². The van der Waals surface area contributed by atoms with Gasteiger partial charge in [-0.05, 0) is 74.6 Å². The third-order valence-electron chi connectivity index (χ3n) is 7.72. The zero-order valence-corrected chi connectivity index (χ0v) is 23.6. The fourth-order valence-corrected chi connectivity index (χ4v) is 5.33. The van der Waals surface area contributed by atoms with Gasteiger partial charge in [0.1, 0.15) is 22.3 Å². The number of carbonyl (C=O) groups is 1. The summed E-state index contributed by atoms with van der Waals surface area (Å²) < 4.78 is 21.3. The van der Waals surface area contributed by atoms with Gasteiger partial charge < -0.3 is 19.7 Å². The highest BCUT2D eigenvalue weighted by Crippen LogP contribution is 2.37. The zero-order chi connectivity index (χ0) is 28.8. The Labute approximate surface area is 236 Å². The van der Waals surface area contributed by atoms with E-state index in [1.807, 2.05) is 6.92 Å². The van der Waals surface area contributed by atoms with Crippen molar-refractivity contribution in [3.63, 3.8) is 0 Å². The maximum Gasteiger partial charge on any atom is 0.202 e. The van der Waals surface area contributed by atoms with Gasteiger partial charge in [0.25, 0.3) is 0 Å². The van der Waals surface area contributed by atoms with Gasteiger partial charge in [0.05, 0.1) is 33.9 Å². The summed E-state index contributed by atoms with van der Waals surface area (Å²) in [5, 5.41) is 13.7. The van der Waals surface area contributed by atoms with E-state index in [9.17, 15) is 19.1 Å². The lowest BCUT2D eigenvalue weighted by atomic mass is 9.82. The van der Waals surface area contributed by atoms with E-state index >= 15 is 0 Å². The molecule has 1 atom stereocenters. The van der Waals surface area contributed by atoms with E-state index < -0.39 is 11.9 Å². The van der Waals surface area contributed by atoms with Crippen LogP contribution in [0.1, 0.15) is 61.1 Å². The number of nitrogens with zero attached hydrogens (tertiary/aromatic N) is 2. The van der Waals surface area contributed by atoms with E-state index in [0.717, 1.165) is 25.9 Å². The van der Waals surface area contributed by atoms with E-state index in [0.29, 0.717) is 45.8 Å². The van der Waals surface area contributed by atoms with Crippen molar-refractivity contribution < 1.29 is 18.7 Å². The molecule has 1 unspecified atom stereocenters. The Hall–Kier alpha value is -3.91. The number of aromatic hydroxyl groups is 1. The number of piperidine rings is 1. The van der Waals surface area contributed by atoms with Crippen LogP contribution in [-0.4, -0.2) is 29.5 Å². The first-order valence-corrected chi connectivity index (χ1v) is 13.6. The van der Waals surface area contributed by atoms with Crippen molar-refractivity contribution in [3.05, 3.63) is 80.3 Å². The summed E-state index contributed by atoms with van der Waals surface area (Å²) in [4.78, 5) is 31.4. The molecule has 1 fully saturated rings. The molecule has 0 spiro atoms. The highest BCUT2D eigenvalue weighted by molar-refractivity contribution is 6.29. The fraction of sp³-hybridized carbons (Fsp3) is 0.323. The smallest absolute Gasteiger partial charge is 0.202 e. The Morgan fingerprint density at radius 2 is 1.90 bits per heavy atom. The number of hydrogen-bond acceptors (Lipinski definition) is 7. The molecule has 0 bridgehead atoms. The fourth-order valence-electron chi connectivity index (χ4n) is 5.19. The first-order valence-electron chi connectivity index (χ1n) is 13.2. The summed E-state index contributed by atoms with van der Waals surface area (Å²) in [6.45, 7) is 9.57. The molecule has 2 N–H and O–H groups in total. The Morgan fingerprint density at radius 3 is 2.60 bits per heavy atom. The minimum absolute atomic E-state index is 0.111.